The second-order valence-corrected chi connectivity index (χ2v) is 18.2. The maximum atomic E-state index is 15.4. The fourth-order valence-electron chi connectivity index (χ4n) is 4.99. The molecule has 2 aromatic carbocycles. The normalized spacial score (nSPS) is 14.1. The molecule has 12 nitrogen and oxygen atoms in total. The highest BCUT2D eigenvalue weighted by molar-refractivity contribution is 6.76. The molecule has 3 heterocycles. The number of amides is 1. The predicted molar refractivity (Wildman–Crippen MR) is 174 cm³/mol. The van der Waals surface area contributed by atoms with Gasteiger partial charge in [-0.05, 0) is 38.1 Å². The Bertz CT molecular complexity index is 1670. The van der Waals surface area contributed by atoms with Crippen molar-refractivity contribution in [1.82, 2.24) is 9.55 Å². The van der Waals surface area contributed by atoms with E-state index in [0.29, 0.717) is 34.4 Å². The number of carbonyl (C=O) groups is 1. The summed E-state index contributed by atoms with van der Waals surface area (Å²) in [5, 5.41) is 13.6. The number of anilines is 1. The van der Waals surface area contributed by atoms with Crippen LogP contribution in [-0.2, 0) is 26.5 Å². The number of benzene rings is 2. The Morgan fingerprint density at radius 1 is 1.15 bits per heavy atom. The average molecular weight is 675 g/mol. The Morgan fingerprint density at radius 3 is 2.40 bits per heavy atom. The standard InChI is InChI=1S/C32H38F2N4O7Si.H2O/c1-20(2)45-32(17-42-18-32)24-16-38(19-41-12-13-46(3,4)5)30-28(24)27(10-11-35-30)44-29-25(33)14-22(15-26(29)34)36-31(39)43-23-8-6-21(37-40)7-9-23;/h6-11,14-16,20H,12-13,17-19,37H2,1-5H3,(H,36,39);1H2. The molecule has 1 fully saturated rings. The second-order valence-electron chi connectivity index (χ2n) is 12.6. The number of halogens is 2. The van der Waals surface area contributed by atoms with Crippen LogP contribution in [0.2, 0.25) is 25.7 Å². The van der Waals surface area contributed by atoms with Crippen LogP contribution >= 0.6 is 0 Å². The van der Waals surface area contributed by atoms with Crippen LogP contribution in [0.15, 0.2) is 54.9 Å². The van der Waals surface area contributed by atoms with Gasteiger partial charge in [-0.1, -0.05) is 19.6 Å². The molecule has 2 aromatic heterocycles. The minimum atomic E-state index is -1.30. The first-order chi connectivity index (χ1) is 21.9. The minimum absolute atomic E-state index is 0. The molecule has 0 unspecified atom stereocenters. The fraction of sp³-hybridized carbons (Fsp3) is 0.375. The summed E-state index contributed by atoms with van der Waals surface area (Å²) >= 11 is 0. The molecule has 1 aliphatic heterocycles. The van der Waals surface area contributed by atoms with Gasteiger partial charge in [0, 0.05) is 56.9 Å². The molecular weight excluding hydrogens is 634 g/mol. The van der Waals surface area contributed by atoms with Crippen molar-refractivity contribution in [2.45, 2.75) is 58.0 Å². The van der Waals surface area contributed by atoms with Crippen LogP contribution in [0.25, 0.3) is 11.0 Å². The zero-order chi connectivity index (χ0) is 33.1. The summed E-state index contributed by atoms with van der Waals surface area (Å²) in [6, 6.07) is 10.1. The quantitative estimate of drug-likeness (QED) is 0.0807. The molecule has 1 amide bonds. The maximum absolute atomic E-state index is 15.4. The minimum Gasteiger partial charge on any atom is -0.630 e. The number of nitrogens with two attached hydrogens (primary N) is 1. The van der Waals surface area contributed by atoms with E-state index in [-0.39, 0.29) is 48.7 Å². The van der Waals surface area contributed by atoms with Gasteiger partial charge in [-0.2, -0.15) is 0 Å². The van der Waals surface area contributed by atoms with Crippen molar-refractivity contribution < 1.29 is 48.2 Å². The van der Waals surface area contributed by atoms with Gasteiger partial charge < -0.3 is 44.4 Å². The van der Waals surface area contributed by atoms with Gasteiger partial charge in [-0.3, -0.25) is 5.32 Å². The van der Waals surface area contributed by atoms with Gasteiger partial charge in [0.15, 0.2) is 17.4 Å². The summed E-state index contributed by atoms with van der Waals surface area (Å²) < 4.78 is 61.6. The summed E-state index contributed by atoms with van der Waals surface area (Å²) in [6.07, 6.45) is 2.27. The second kappa shape index (κ2) is 14.9. The fourth-order valence-corrected chi connectivity index (χ4v) is 5.74. The lowest BCUT2D eigenvalue weighted by atomic mass is 9.91. The summed E-state index contributed by atoms with van der Waals surface area (Å²) in [5.41, 5.74) is 1.27. The Morgan fingerprint density at radius 2 is 1.83 bits per heavy atom. The highest BCUT2D eigenvalue weighted by Gasteiger charge is 2.45. The Kier molecular flexibility index (Phi) is 11.3. The van der Waals surface area contributed by atoms with Gasteiger partial charge in [0.25, 0.3) is 0 Å². The lowest BCUT2D eigenvalue weighted by Crippen LogP contribution is -2.70. The molecular formula is C32H40F2N4O8Si. The molecule has 0 saturated carbocycles. The zero-order valence-corrected chi connectivity index (χ0v) is 27.9. The SMILES string of the molecule is CC(C)OC1(c2cn(COCC[Si](C)(C)C)c3nccc(Oc4c(F)cc(NC(=O)Oc5ccc([NH2+][O-])cc5)cc4F)c23)COC1.O. The molecule has 15 heteroatoms. The summed E-state index contributed by atoms with van der Waals surface area (Å²) in [5.74, 6) is -2.45. The van der Waals surface area contributed by atoms with Crippen LogP contribution in [0.5, 0.6) is 17.2 Å². The van der Waals surface area contributed by atoms with Gasteiger partial charge in [-0.25, -0.2) is 18.6 Å². The average Bonchev–Trinajstić information content (AvgIpc) is 3.34. The van der Waals surface area contributed by atoms with E-state index in [4.69, 9.17) is 23.7 Å². The lowest BCUT2D eigenvalue weighted by molar-refractivity contribution is -0.497. The molecule has 4 aromatic rings. The molecule has 47 heavy (non-hydrogen) atoms. The molecule has 0 spiro atoms. The number of hydrogen-bond acceptors (Lipinski definition) is 8. The van der Waals surface area contributed by atoms with E-state index >= 15 is 8.78 Å². The first-order valence-electron chi connectivity index (χ1n) is 14.9. The number of aromatic nitrogens is 2. The summed E-state index contributed by atoms with van der Waals surface area (Å²) in [4.78, 5) is 16.9. The van der Waals surface area contributed by atoms with E-state index < -0.39 is 37.2 Å². The monoisotopic (exact) mass is 674 g/mol. The van der Waals surface area contributed by atoms with Crippen LogP contribution < -0.4 is 20.3 Å². The van der Waals surface area contributed by atoms with Crippen LogP contribution in [0.3, 0.4) is 0 Å². The van der Waals surface area contributed by atoms with Crippen molar-refractivity contribution in [3.8, 4) is 17.2 Å². The van der Waals surface area contributed by atoms with Crippen molar-refractivity contribution >= 4 is 36.6 Å². The molecule has 5 rings (SSSR count). The first-order valence-corrected chi connectivity index (χ1v) is 18.6. The summed E-state index contributed by atoms with van der Waals surface area (Å²) in [6.45, 7) is 12.1. The summed E-state index contributed by atoms with van der Waals surface area (Å²) in [7, 11) is -1.30. The Hall–Kier alpha value is -3.96. The van der Waals surface area contributed by atoms with Gasteiger partial charge in [-0.15, -0.1) is 0 Å². The third kappa shape index (κ3) is 8.50. The third-order valence-electron chi connectivity index (χ3n) is 7.25. The van der Waals surface area contributed by atoms with Crippen molar-refractivity contribution in [3.63, 3.8) is 0 Å². The largest absolute Gasteiger partial charge is 0.630 e. The number of fused-ring (bicyclic) bond motifs is 1. The Balaban J connectivity index is 0.00000500. The van der Waals surface area contributed by atoms with Crippen molar-refractivity contribution in [2.75, 3.05) is 25.1 Å². The Labute approximate surface area is 271 Å². The highest BCUT2D eigenvalue weighted by atomic mass is 28.3. The van der Waals surface area contributed by atoms with E-state index in [1.54, 1.807) is 0 Å². The number of nitrogens with one attached hydrogen (secondary N) is 1. The van der Waals surface area contributed by atoms with Gasteiger partial charge in [0.1, 0.15) is 35.2 Å². The molecule has 5 N–H and O–H groups in total. The van der Waals surface area contributed by atoms with E-state index in [1.165, 1.54) is 36.5 Å². The predicted octanol–water partition coefficient (Wildman–Crippen LogP) is 5.55. The van der Waals surface area contributed by atoms with E-state index in [2.05, 4.69) is 29.9 Å². The molecule has 0 aliphatic carbocycles. The highest BCUT2D eigenvalue weighted by Crippen LogP contribution is 2.44. The number of hydrogen-bond donors (Lipinski definition) is 2. The smallest absolute Gasteiger partial charge is 0.417 e. The lowest BCUT2D eigenvalue weighted by Gasteiger charge is -2.42. The number of quaternary nitrogens is 1. The zero-order valence-electron chi connectivity index (χ0n) is 26.9. The third-order valence-corrected chi connectivity index (χ3v) is 8.96. The number of ether oxygens (including phenoxy) is 5. The van der Waals surface area contributed by atoms with Gasteiger partial charge >= 0.3 is 6.09 Å². The molecule has 0 radical (unpaired) electrons. The number of carbonyl (C=O) groups excluding carboxylic acids is 1. The number of nitrogens with zero attached hydrogens (tertiary/aromatic N) is 2. The number of pyridine rings is 1. The first kappa shape index (κ1) is 35.9. The topological polar surface area (TPSA) is 164 Å². The van der Waals surface area contributed by atoms with Crippen molar-refractivity contribution in [1.29, 1.82) is 0 Å². The number of rotatable bonds is 13. The molecule has 254 valence electrons. The molecule has 0 bridgehead atoms. The molecule has 1 aliphatic rings. The van der Waals surface area contributed by atoms with E-state index in [1.807, 2.05) is 24.6 Å². The van der Waals surface area contributed by atoms with Crippen molar-refractivity contribution in [2.24, 2.45) is 0 Å². The van der Waals surface area contributed by atoms with Crippen LogP contribution in [0, 0.1) is 16.8 Å². The van der Waals surface area contributed by atoms with E-state index in [9.17, 15) is 10.0 Å². The molecule has 1 saturated heterocycles. The van der Waals surface area contributed by atoms with Gasteiger partial charge in [0.2, 0.25) is 0 Å². The maximum Gasteiger partial charge on any atom is 0.417 e. The van der Waals surface area contributed by atoms with E-state index in [0.717, 1.165) is 18.2 Å². The molecule has 0 atom stereocenters. The van der Waals surface area contributed by atoms with Crippen molar-refractivity contribution in [3.05, 3.63) is 77.3 Å². The van der Waals surface area contributed by atoms with Crippen LogP contribution in [-0.4, -0.2) is 55.1 Å². The van der Waals surface area contributed by atoms with Crippen LogP contribution in [0.4, 0.5) is 25.0 Å². The van der Waals surface area contributed by atoms with Crippen LogP contribution in [0.1, 0.15) is 19.4 Å². The van der Waals surface area contributed by atoms with Gasteiger partial charge in [0.05, 0.1) is 30.4 Å².